The van der Waals surface area contributed by atoms with Crippen LogP contribution in [0.3, 0.4) is 0 Å². The summed E-state index contributed by atoms with van der Waals surface area (Å²) in [7, 11) is 0. The molecule has 0 spiro atoms. The Morgan fingerprint density at radius 3 is 1.26 bits per heavy atom. The van der Waals surface area contributed by atoms with Crippen molar-refractivity contribution in [1.29, 1.82) is 0 Å². The summed E-state index contributed by atoms with van der Waals surface area (Å²) in [6, 6.07) is 14.8. The number of alkyl halides is 2. The van der Waals surface area contributed by atoms with Gasteiger partial charge in [-0.1, -0.05) is 59.7 Å². The molecule has 0 saturated heterocycles. The van der Waals surface area contributed by atoms with Crippen LogP contribution < -0.4 is 0 Å². The maximum absolute atomic E-state index is 13.6. The van der Waals surface area contributed by atoms with Crippen LogP contribution in [0.4, 0.5) is 8.78 Å². The second kappa shape index (κ2) is 5.52. The normalized spacial score (nSPS) is 11.6. The Hall–Kier alpha value is -1.70. The van der Waals surface area contributed by atoms with Crippen molar-refractivity contribution in [2.45, 2.75) is 19.3 Å². The molecule has 0 N–H and O–H groups in total. The first-order valence-electron chi connectivity index (χ1n) is 6.38. The van der Waals surface area contributed by atoms with Gasteiger partial charge in [-0.25, -0.2) is 8.78 Å². The molecular formula is C17H18F2. The van der Waals surface area contributed by atoms with E-state index in [0.29, 0.717) is 11.1 Å². The summed E-state index contributed by atoms with van der Waals surface area (Å²) in [6.45, 7) is 2.44. The van der Waals surface area contributed by atoms with Crippen molar-refractivity contribution < 1.29 is 8.78 Å². The molecule has 0 aliphatic rings. The molecule has 0 atom stereocenters. The first-order valence-corrected chi connectivity index (χ1v) is 6.38. The molecule has 0 heterocycles. The van der Waals surface area contributed by atoms with E-state index in [1.807, 2.05) is 62.4 Å². The molecular weight excluding hydrogens is 242 g/mol. The van der Waals surface area contributed by atoms with Gasteiger partial charge in [-0.3, -0.25) is 0 Å². The van der Waals surface area contributed by atoms with Gasteiger partial charge in [0, 0.05) is 0 Å². The van der Waals surface area contributed by atoms with Gasteiger partial charge in [0.1, 0.15) is 13.3 Å². The lowest BCUT2D eigenvalue weighted by molar-refractivity contribution is 0.279. The summed E-state index contributed by atoms with van der Waals surface area (Å²) in [5, 5.41) is 0. The summed E-state index contributed by atoms with van der Waals surface area (Å²) in [6.07, 6.45) is 0. The minimum absolute atomic E-state index is 0.687. The highest BCUT2D eigenvalue weighted by Gasteiger charge is 2.34. The Labute approximate surface area is 113 Å². The van der Waals surface area contributed by atoms with E-state index in [-0.39, 0.29) is 0 Å². The SMILES string of the molecule is Cc1ccc(C(CF)(CF)c2ccc(C)cc2)cc1. The van der Waals surface area contributed by atoms with E-state index in [2.05, 4.69) is 0 Å². The van der Waals surface area contributed by atoms with Crippen molar-refractivity contribution in [3.8, 4) is 0 Å². The minimum atomic E-state index is -1.18. The van der Waals surface area contributed by atoms with Crippen LogP contribution in [0.5, 0.6) is 0 Å². The third-order valence-electron chi connectivity index (χ3n) is 3.66. The third kappa shape index (κ3) is 2.53. The van der Waals surface area contributed by atoms with Gasteiger partial charge in [0.15, 0.2) is 0 Å². The summed E-state index contributed by atoms with van der Waals surface area (Å²) >= 11 is 0. The number of aryl methyl sites for hydroxylation is 2. The number of hydrogen-bond donors (Lipinski definition) is 0. The van der Waals surface area contributed by atoms with Gasteiger partial charge >= 0.3 is 0 Å². The summed E-state index contributed by atoms with van der Waals surface area (Å²) < 4.78 is 27.3. The van der Waals surface area contributed by atoms with Crippen LogP contribution in [0, 0.1) is 13.8 Å². The van der Waals surface area contributed by atoms with E-state index in [4.69, 9.17) is 0 Å². The summed E-state index contributed by atoms with van der Waals surface area (Å²) in [5.74, 6) is 0. The molecule has 0 radical (unpaired) electrons. The molecule has 2 rings (SSSR count). The van der Waals surface area contributed by atoms with Crippen molar-refractivity contribution in [3.63, 3.8) is 0 Å². The van der Waals surface area contributed by atoms with Crippen molar-refractivity contribution in [3.05, 3.63) is 70.8 Å². The standard InChI is InChI=1S/C17H18F2/c1-13-3-7-15(8-4-13)17(11-18,12-19)16-9-5-14(2)6-10-16/h3-10H,11-12H2,1-2H3. The highest BCUT2D eigenvalue weighted by atomic mass is 19.1. The maximum Gasteiger partial charge on any atom is 0.106 e. The van der Waals surface area contributed by atoms with Crippen LogP contribution in [0.1, 0.15) is 22.3 Å². The van der Waals surface area contributed by atoms with Gasteiger partial charge in [-0.2, -0.15) is 0 Å². The third-order valence-corrected chi connectivity index (χ3v) is 3.66. The molecule has 0 unspecified atom stereocenters. The fourth-order valence-electron chi connectivity index (χ4n) is 2.26. The Morgan fingerprint density at radius 1 is 0.684 bits per heavy atom. The number of rotatable bonds is 4. The summed E-state index contributed by atoms with van der Waals surface area (Å²) in [4.78, 5) is 0. The van der Waals surface area contributed by atoms with Gasteiger partial charge in [0.2, 0.25) is 0 Å². The number of hydrogen-bond acceptors (Lipinski definition) is 0. The zero-order valence-corrected chi connectivity index (χ0v) is 11.3. The number of halogens is 2. The second-order valence-electron chi connectivity index (χ2n) is 5.08. The fourth-order valence-corrected chi connectivity index (χ4v) is 2.26. The predicted octanol–water partition coefficient (Wildman–Crippen LogP) is 4.53. The Morgan fingerprint density at radius 2 is 1.00 bits per heavy atom. The quantitative estimate of drug-likeness (QED) is 0.757. The molecule has 0 fully saturated rings. The average Bonchev–Trinajstić information content (AvgIpc) is 2.44. The van der Waals surface area contributed by atoms with Gasteiger partial charge in [-0.15, -0.1) is 0 Å². The average molecular weight is 260 g/mol. The highest BCUT2D eigenvalue weighted by Crippen LogP contribution is 2.34. The monoisotopic (exact) mass is 260 g/mol. The second-order valence-corrected chi connectivity index (χ2v) is 5.08. The van der Waals surface area contributed by atoms with Crippen molar-refractivity contribution in [1.82, 2.24) is 0 Å². The Balaban J connectivity index is 2.53. The minimum Gasteiger partial charge on any atom is -0.250 e. The lowest BCUT2D eigenvalue weighted by Crippen LogP contribution is -2.32. The van der Waals surface area contributed by atoms with Crippen molar-refractivity contribution in [2.75, 3.05) is 13.3 Å². The van der Waals surface area contributed by atoms with Crippen LogP contribution in [-0.4, -0.2) is 13.3 Å². The first kappa shape index (κ1) is 13.7. The van der Waals surface area contributed by atoms with Crippen molar-refractivity contribution >= 4 is 0 Å². The van der Waals surface area contributed by atoms with E-state index in [1.165, 1.54) is 0 Å². The van der Waals surface area contributed by atoms with Gasteiger partial charge in [0.05, 0.1) is 5.41 Å². The van der Waals surface area contributed by atoms with E-state index in [1.54, 1.807) is 0 Å². The Bertz CT molecular complexity index is 475. The molecule has 2 aromatic carbocycles. The largest absolute Gasteiger partial charge is 0.250 e. The van der Waals surface area contributed by atoms with E-state index < -0.39 is 18.8 Å². The van der Waals surface area contributed by atoms with Crippen molar-refractivity contribution in [2.24, 2.45) is 0 Å². The molecule has 0 aliphatic heterocycles. The lowest BCUT2D eigenvalue weighted by Gasteiger charge is -2.29. The molecule has 100 valence electrons. The molecule has 2 aromatic rings. The zero-order valence-electron chi connectivity index (χ0n) is 11.3. The van der Waals surface area contributed by atoms with E-state index in [0.717, 1.165) is 11.1 Å². The molecule has 0 aliphatic carbocycles. The molecule has 2 heteroatoms. The summed E-state index contributed by atoms with van der Waals surface area (Å²) in [5.41, 5.74) is 2.36. The predicted molar refractivity (Wildman–Crippen MR) is 75.1 cm³/mol. The van der Waals surface area contributed by atoms with Gasteiger partial charge < -0.3 is 0 Å². The highest BCUT2D eigenvalue weighted by molar-refractivity contribution is 5.41. The molecule has 0 nitrogen and oxygen atoms in total. The molecule has 19 heavy (non-hydrogen) atoms. The first-order chi connectivity index (χ1) is 9.12. The topological polar surface area (TPSA) is 0 Å². The molecule has 0 aromatic heterocycles. The smallest absolute Gasteiger partial charge is 0.106 e. The Kier molecular flexibility index (Phi) is 3.98. The van der Waals surface area contributed by atoms with Gasteiger partial charge in [-0.05, 0) is 25.0 Å². The van der Waals surface area contributed by atoms with E-state index in [9.17, 15) is 8.78 Å². The number of benzene rings is 2. The molecule has 0 bridgehead atoms. The van der Waals surface area contributed by atoms with Crippen LogP contribution in [0.25, 0.3) is 0 Å². The molecule has 0 amide bonds. The van der Waals surface area contributed by atoms with Gasteiger partial charge in [0.25, 0.3) is 0 Å². The molecule has 0 saturated carbocycles. The van der Waals surface area contributed by atoms with Crippen LogP contribution in [0.2, 0.25) is 0 Å². The van der Waals surface area contributed by atoms with Crippen LogP contribution >= 0.6 is 0 Å². The fraction of sp³-hybridized carbons (Fsp3) is 0.294. The zero-order chi connectivity index (χ0) is 13.9. The lowest BCUT2D eigenvalue weighted by atomic mass is 9.76. The van der Waals surface area contributed by atoms with Crippen LogP contribution in [-0.2, 0) is 5.41 Å². The maximum atomic E-state index is 13.6. The van der Waals surface area contributed by atoms with E-state index >= 15 is 0 Å². The van der Waals surface area contributed by atoms with Crippen LogP contribution in [0.15, 0.2) is 48.5 Å².